The molecule has 38 heavy (non-hydrogen) atoms. The van der Waals surface area contributed by atoms with Crippen LogP contribution in [0, 0.1) is 18.5 Å². The number of phosphoric ester groups is 1. The molecule has 0 radical (unpaired) electrons. The van der Waals surface area contributed by atoms with Crippen LogP contribution < -0.4 is 0 Å². The van der Waals surface area contributed by atoms with Crippen molar-refractivity contribution >= 4 is 46.7 Å². The van der Waals surface area contributed by atoms with Crippen LogP contribution in [-0.2, 0) is 37.8 Å². The summed E-state index contributed by atoms with van der Waals surface area (Å²) in [4.78, 5) is 42.0. The number of halogens is 3. The number of pyridine rings is 2. The highest BCUT2D eigenvalue weighted by Crippen LogP contribution is 2.66. The number of aliphatic hydroxyl groups is 2. The standard InChI is InChI=1S/C16H20F3N2O13P3S/c1-5-6(2)13(16(17,18)19)20-14-7(5)3-8(15(38)21-14)12-11(23)10(22)9(32-12)4-31-36(27,28)34-37(29,30)33-35(24,25)26/h3,9-12,22-23H,4H2,1-2H3,(H,27,28)(H,29,30)(H,20,21,38)(H2,24,25,26)/t9-,10+,11?,12+/m1/s1. The van der Waals surface area contributed by atoms with E-state index in [-0.39, 0.29) is 32.4 Å². The van der Waals surface area contributed by atoms with Gasteiger partial charge in [0.2, 0.25) is 0 Å². The Labute approximate surface area is 215 Å². The van der Waals surface area contributed by atoms with E-state index in [9.17, 15) is 46.9 Å². The molecule has 214 valence electrons. The zero-order valence-corrected chi connectivity index (χ0v) is 22.5. The minimum absolute atomic E-state index is 0.0175. The first-order chi connectivity index (χ1) is 17.1. The highest BCUT2D eigenvalue weighted by molar-refractivity contribution is 7.71. The van der Waals surface area contributed by atoms with Gasteiger partial charge in [0.05, 0.1) is 6.61 Å². The number of aliphatic hydroxyl groups excluding tert-OH is 2. The van der Waals surface area contributed by atoms with Crippen LogP contribution in [0.5, 0.6) is 0 Å². The summed E-state index contributed by atoms with van der Waals surface area (Å²) in [6.45, 7) is 1.56. The number of aromatic amines is 1. The van der Waals surface area contributed by atoms with E-state index in [0.29, 0.717) is 0 Å². The van der Waals surface area contributed by atoms with Gasteiger partial charge in [-0.05, 0) is 31.0 Å². The number of fused-ring (bicyclic) bond motifs is 1. The number of rotatable bonds is 8. The molecule has 7 N–H and O–H groups in total. The van der Waals surface area contributed by atoms with Crippen molar-refractivity contribution in [2.75, 3.05) is 6.61 Å². The predicted octanol–water partition coefficient (Wildman–Crippen LogP) is 2.43. The first kappa shape index (κ1) is 31.4. The number of ether oxygens (including phenoxy) is 1. The van der Waals surface area contributed by atoms with Crippen LogP contribution in [-0.4, -0.2) is 64.7 Å². The summed E-state index contributed by atoms with van der Waals surface area (Å²) in [6.07, 6.45) is -11.3. The number of phosphoric acid groups is 3. The van der Waals surface area contributed by atoms with Crippen LogP contribution in [0.2, 0.25) is 0 Å². The highest BCUT2D eigenvalue weighted by Gasteiger charge is 2.47. The third-order valence-electron chi connectivity index (χ3n) is 5.35. The summed E-state index contributed by atoms with van der Waals surface area (Å²) in [5.74, 6) is 0. The van der Waals surface area contributed by atoms with E-state index < -0.39 is 66.4 Å². The predicted molar refractivity (Wildman–Crippen MR) is 121 cm³/mol. The molecule has 0 spiro atoms. The number of alkyl halides is 3. The van der Waals surface area contributed by atoms with Crippen LogP contribution in [0.4, 0.5) is 13.2 Å². The van der Waals surface area contributed by atoms with E-state index in [2.05, 4.69) is 23.1 Å². The van der Waals surface area contributed by atoms with Crippen molar-refractivity contribution in [1.82, 2.24) is 9.97 Å². The van der Waals surface area contributed by atoms with E-state index in [1.54, 1.807) is 0 Å². The molecule has 1 saturated heterocycles. The monoisotopic (exact) mass is 630 g/mol. The van der Waals surface area contributed by atoms with Crippen LogP contribution in [0.1, 0.15) is 28.5 Å². The molecule has 1 aliphatic rings. The number of aromatic nitrogens is 2. The molecule has 0 aromatic carbocycles. The average Bonchev–Trinajstić information content (AvgIpc) is 2.99. The van der Waals surface area contributed by atoms with Crippen LogP contribution in [0.3, 0.4) is 0 Å². The van der Waals surface area contributed by atoms with Gasteiger partial charge >= 0.3 is 29.6 Å². The number of aryl methyl sites for hydroxylation is 1. The average molecular weight is 630 g/mol. The Hall–Kier alpha value is -1.14. The Morgan fingerprint density at radius 3 is 2.21 bits per heavy atom. The second-order valence-electron chi connectivity index (χ2n) is 7.99. The number of hydrogen-bond donors (Lipinski definition) is 7. The lowest BCUT2D eigenvalue weighted by atomic mass is 9.99. The van der Waals surface area contributed by atoms with E-state index in [1.807, 2.05) is 0 Å². The molecule has 0 aliphatic carbocycles. The Bertz CT molecular complexity index is 1450. The first-order valence-corrected chi connectivity index (χ1v) is 15.0. The largest absolute Gasteiger partial charge is 0.490 e. The van der Waals surface area contributed by atoms with Gasteiger partial charge in [-0.15, -0.1) is 0 Å². The van der Waals surface area contributed by atoms with Gasteiger partial charge in [0.25, 0.3) is 0 Å². The van der Waals surface area contributed by atoms with Crippen molar-refractivity contribution in [3.63, 3.8) is 0 Å². The highest BCUT2D eigenvalue weighted by atomic mass is 32.1. The van der Waals surface area contributed by atoms with Gasteiger partial charge in [-0.1, -0.05) is 12.2 Å². The lowest BCUT2D eigenvalue weighted by Gasteiger charge is -2.19. The molecule has 6 atom stereocenters. The van der Waals surface area contributed by atoms with Gasteiger partial charge in [-0.3, -0.25) is 4.52 Å². The summed E-state index contributed by atoms with van der Waals surface area (Å²) in [7, 11) is -16.9. The zero-order valence-electron chi connectivity index (χ0n) is 19.0. The third kappa shape index (κ3) is 7.13. The van der Waals surface area contributed by atoms with Gasteiger partial charge in [0.15, 0.2) is 0 Å². The molecular weight excluding hydrogens is 610 g/mol. The van der Waals surface area contributed by atoms with Crippen LogP contribution >= 0.6 is 35.7 Å². The number of nitrogens with zero attached hydrogens (tertiary/aromatic N) is 1. The Morgan fingerprint density at radius 2 is 1.66 bits per heavy atom. The fourth-order valence-electron chi connectivity index (χ4n) is 3.59. The summed E-state index contributed by atoms with van der Waals surface area (Å²) in [6, 6.07) is 1.30. The lowest BCUT2D eigenvalue weighted by Crippen LogP contribution is -2.33. The molecule has 0 amide bonds. The Balaban J connectivity index is 1.84. The van der Waals surface area contributed by atoms with Crippen LogP contribution in [0.25, 0.3) is 11.0 Å². The third-order valence-corrected chi connectivity index (χ3v) is 9.49. The Morgan fingerprint density at radius 1 is 1.05 bits per heavy atom. The van der Waals surface area contributed by atoms with Crippen molar-refractivity contribution in [2.45, 2.75) is 44.4 Å². The summed E-state index contributed by atoms with van der Waals surface area (Å²) in [5, 5.41) is 21.0. The number of H-pyrrole nitrogens is 1. The maximum atomic E-state index is 13.3. The van der Waals surface area contributed by atoms with E-state index in [1.165, 1.54) is 19.9 Å². The van der Waals surface area contributed by atoms with Gasteiger partial charge < -0.3 is 39.5 Å². The topological polar surface area (TPSA) is 238 Å². The van der Waals surface area contributed by atoms with E-state index in [0.717, 1.165) is 0 Å². The molecule has 3 heterocycles. The molecule has 3 unspecified atom stereocenters. The molecule has 1 fully saturated rings. The first-order valence-electron chi connectivity index (χ1n) is 10.0. The second-order valence-corrected chi connectivity index (χ2v) is 12.8. The molecule has 0 bridgehead atoms. The van der Waals surface area contributed by atoms with Crippen molar-refractivity contribution in [1.29, 1.82) is 0 Å². The number of hydrogen-bond acceptors (Lipinski definition) is 11. The van der Waals surface area contributed by atoms with Gasteiger partial charge in [-0.2, -0.15) is 21.8 Å². The van der Waals surface area contributed by atoms with Crippen molar-refractivity contribution in [3.05, 3.63) is 33.1 Å². The normalized spacial score (nSPS) is 25.9. The molecule has 0 saturated carbocycles. The maximum absolute atomic E-state index is 13.3. The second kappa shape index (κ2) is 10.7. The van der Waals surface area contributed by atoms with Crippen LogP contribution in [0.15, 0.2) is 6.07 Å². The van der Waals surface area contributed by atoms with Crippen molar-refractivity contribution in [3.8, 4) is 0 Å². The zero-order chi connectivity index (χ0) is 29.0. The maximum Gasteiger partial charge on any atom is 0.490 e. The van der Waals surface area contributed by atoms with E-state index >= 15 is 0 Å². The molecule has 1 aliphatic heterocycles. The lowest BCUT2D eigenvalue weighted by molar-refractivity contribution is -0.141. The van der Waals surface area contributed by atoms with Gasteiger partial charge in [0.1, 0.15) is 40.4 Å². The minimum Gasteiger partial charge on any atom is -0.387 e. The smallest absolute Gasteiger partial charge is 0.387 e. The molecule has 15 nitrogen and oxygen atoms in total. The van der Waals surface area contributed by atoms with Gasteiger partial charge in [0, 0.05) is 10.9 Å². The van der Waals surface area contributed by atoms with Gasteiger partial charge in [-0.25, -0.2) is 18.7 Å². The molecule has 22 heteroatoms. The SMILES string of the molecule is Cc1c(C(F)(F)F)nc2[nH]c(=S)c([C@@H]3O[C@H](COP(=O)(O)OP(=O)(O)OP(=O)(O)O)[C@H](O)C3O)cc2c1C. The number of nitrogens with one attached hydrogen (secondary N) is 1. The summed E-state index contributed by atoms with van der Waals surface area (Å²) < 4.78 is 90.8. The van der Waals surface area contributed by atoms with E-state index in [4.69, 9.17) is 26.7 Å². The van der Waals surface area contributed by atoms with Crippen molar-refractivity contribution < 1.29 is 74.5 Å². The molecule has 3 rings (SSSR count). The van der Waals surface area contributed by atoms with Crippen molar-refractivity contribution in [2.24, 2.45) is 0 Å². The molecule has 2 aromatic rings. The fourth-order valence-corrected chi connectivity index (χ4v) is 6.89. The minimum atomic E-state index is -5.79. The molecule has 2 aromatic heterocycles. The summed E-state index contributed by atoms with van der Waals surface area (Å²) in [5.41, 5.74) is -1.29. The quantitative estimate of drug-likeness (QED) is 0.164. The fraction of sp³-hybridized carbons (Fsp3) is 0.500. The molecular formula is C16H20F3N2O13P3S. The summed E-state index contributed by atoms with van der Waals surface area (Å²) >= 11 is 5.16. The Kier molecular flexibility index (Phi) is 8.83.